The summed E-state index contributed by atoms with van der Waals surface area (Å²) in [5, 5.41) is 0. The number of nitrogens with one attached hydrogen (secondary N) is 1. The molecule has 5 heteroatoms. The van der Waals surface area contributed by atoms with Gasteiger partial charge in [-0.15, -0.1) is 0 Å². The van der Waals surface area contributed by atoms with E-state index in [1.54, 1.807) is 12.1 Å². The maximum Gasteiger partial charge on any atom is 0.240 e. The molecule has 1 fully saturated rings. The fourth-order valence-corrected chi connectivity index (χ4v) is 4.18. The molecular formula is C18H22N2O2S. The molecule has 1 heterocycles. The van der Waals surface area contributed by atoms with Gasteiger partial charge in [0.05, 0.1) is 4.90 Å². The quantitative estimate of drug-likeness (QED) is 0.916. The zero-order valence-corrected chi connectivity index (χ0v) is 14.1. The molecule has 0 spiro atoms. The molecule has 0 amide bonds. The minimum atomic E-state index is -3.43. The first-order chi connectivity index (χ1) is 11.0. The summed E-state index contributed by atoms with van der Waals surface area (Å²) in [4.78, 5) is 2.63. The summed E-state index contributed by atoms with van der Waals surface area (Å²) in [6.07, 6.45) is 0.845. The molecule has 1 aliphatic rings. The van der Waals surface area contributed by atoms with Crippen molar-refractivity contribution in [2.75, 3.05) is 13.1 Å². The lowest BCUT2D eigenvalue weighted by Gasteiger charge is -2.17. The standard InChI is InChI=1S/C18H22N2O2S/c1-15-7-9-18(10-8-15)23(21,22)19-17-11-12-20(14-17)13-16-5-3-2-4-6-16/h2-10,17,19H,11-14H2,1H3. The summed E-state index contributed by atoms with van der Waals surface area (Å²) in [5.41, 5.74) is 2.31. The van der Waals surface area contributed by atoms with Crippen LogP contribution in [-0.2, 0) is 16.6 Å². The van der Waals surface area contributed by atoms with E-state index >= 15 is 0 Å². The Bertz CT molecular complexity index is 742. The van der Waals surface area contributed by atoms with Crippen LogP contribution in [-0.4, -0.2) is 32.4 Å². The van der Waals surface area contributed by atoms with Gasteiger partial charge in [0.2, 0.25) is 10.0 Å². The lowest BCUT2D eigenvalue weighted by Crippen LogP contribution is -2.36. The average Bonchev–Trinajstić information content (AvgIpc) is 2.95. The van der Waals surface area contributed by atoms with E-state index < -0.39 is 10.0 Å². The van der Waals surface area contributed by atoms with E-state index in [0.717, 1.165) is 31.6 Å². The number of hydrogen-bond donors (Lipinski definition) is 1. The third kappa shape index (κ3) is 4.19. The lowest BCUT2D eigenvalue weighted by atomic mass is 10.2. The van der Waals surface area contributed by atoms with E-state index in [9.17, 15) is 8.42 Å². The Hall–Kier alpha value is -1.69. The predicted octanol–water partition coefficient (Wildman–Crippen LogP) is 2.55. The highest BCUT2D eigenvalue weighted by atomic mass is 32.2. The molecule has 0 saturated carbocycles. The van der Waals surface area contributed by atoms with Gasteiger partial charge in [-0.1, -0.05) is 48.0 Å². The Balaban J connectivity index is 1.60. The van der Waals surface area contributed by atoms with Gasteiger partial charge < -0.3 is 0 Å². The fourth-order valence-electron chi connectivity index (χ4n) is 2.92. The molecule has 0 aliphatic carbocycles. The van der Waals surface area contributed by atoms with Crippen molar-refractivity contribution in [3.05, 3.63) is 65.7 Å². The summed E-state index contributed by atoms with van der Waals surface area (Å²) in [6.45, 7) is 4.47. The van der Waals surface area contributed by atoms with Crippen molar-refractivity contribution in [1.29, 1.82) is 0 Å². The molecule has 23 heavy (non-hydrogen) atoms. The van der Waals surface area contributed by atoms with E-state index in [0.29, 0.717) is 4.90 Å². The number of aryl methyl sites for hydroxylation is 1. The smallest absolute Gasteiger partial charge is 0.240 e. The summed E-state index contributed by atoms with van der Waals surface area (Å²) in [7, 11) is -3.43. The molecule has 1 atom stereocenters. The monoisotopic (exact) mass is 330 g/mol. The van der Waals surface area contributed by atoms with Crippen LogP contribution in [0.5, 0.6) is 0 Å². The van der Waals surface area contributed by atoms with Gasteiger partial charge >= 0.3 is 0 Å². The van der Waals surface area contributed by atoms with Crippen LogP contribution in [0.25, 0.3) is 0 Å². The Morgan fingerprint density at radius 1 is 1.09 bits per heavy atom. The minimum absolute atomic E-state index is 0.0231. The van der Waals surface area contributed by atoms with Crippen molar-refractivity contribution in [2.45, 2.75) is 30.8 Å². The molecule has 122 valence electrons. The third-order valence-corrected chi connectivity index (χ3v) is 5.71. The van der Waals surface area contributed by atoms with Crippen LogP contribution < -0.4 is 4.72 Å². The molecule has 3 rings (SSSR count). The largest absolute Gasteiger partial charge is 0.297 e. The highest BCUT2D eigenvalue weighted by Gasteiger charge is 2.27. The normalized spacial score (nSPS) is 19.1. The van der Waals surface area contributed by atoms with Crippen LogP contribution in [0.1, 0.15) is 17.5 Å². The molecule has 0 radical (unpaired) electrons. The second-order valence-electron chi connectivity index (χ2n) is 6.14. The maximum atomic E-state index is 12.4. The number of likely N-dealkylation sites (tertiary alicyclic amines) is 1. The van der Waals surface area contributed by atoms with Crippen molar-refractivity contribution in [2.24, 2.45) is 0 Å². The van der Waals surface area contributed by atoms with Crippen LogP contribution in [0.3, 0.4) is 0 Å². The number of nitrogens with zero attached hydrogens (tertiary/aromatic N) is 1. The van der Waals surface area contributed by atoms with E-state index in [2.05, 4.69) is 21.8 Å². The molecule has 1 saturated heterocycles. The minimum Gasteiger partial charge on any atom is -0.297 e. The third-order valence-electron chi connectivity index (χ3n) is 4.17. The lowest BCUT2D eigenvalue weighted by molar-refractivity contribution is 0.324. The van der Waals surface area contributed by atoms with E-state index in [1.165, 1.54) is 5.56 Å². The second-order valence-corrected chi connectivity index (χ2v) is 7.85. The Kier molecular flexibility index (Phi) is 4.80. The zero-order chi connectivity index (χ0) is 16.3. The van der Waals surface area contributed by atoms with Crippen molar-refractivity contribution >= 4 is 10.0 Å². The van der Waals surface area contributed by atoms with Gasteiger partial charge in [-0.2, -0.15) is 0 Å². The first-order valence-electron chi connectivity index (χ1n) is 7.88. The van der Waals surface area contributed by atoms with Gasteiger partial charge in [0.1, 0.15) is 0 Å². The fraction of sp³-hybridized carbons (Fsp3) is 0.333. The molecule has 1 unspecified atom stereocenters. The van der Waals surface area contributed by atoms with Crippen LogP contribution in [0.15, 0.2) is 59.5 Å². The van der Waals surface area contributed by atoms with Crippen molar-refractivity contribution < 1.29 is 8.42 Å². The van der Waals surface area contributed by atoms with Gasteiger partial charge in [0, 0.05) is 25.7 Å². The van der Waals surface area contributed by atoms with Gasteiger partial charge in [-0.25, -0.2) is 13.1 Å². The molecule has 1 N–H and O–H groups in total. The average molecular weight is 330 g/mol. The first-order valence-corrected chi connectivity index (χ1v) is 9.36. The SMILES string of the molecule is Cc1ccc(S(=O)(=O)NC2CCN(Cc3ccccc3)C2)cc1. The topological polar surface area (TPSA) is 49.4 Å². The highest BCUT2D eigenvalue weighted by Crippen LogP contribution is 2.17. The molecule has 0 bridgehead atoms. The van der Waals surface area contributed by atoms with Crippen molar-refractivity contribution in [3.8, 4) is 0 Å². The van der Waals surface area contributed by atoms with Crippen LogP contribution in [0.2, 0.25) is 0 Å². The van der Waals surface area contributed by atoms with Gasteiger partial charge in [-0.05, 0) is 31.0 Å². The zero-order valence-electron chi connectivity index (χ0n) is 13.3. The molecule has 1 aliphatic heterocycles. The summed E-state index contributed by atoms with van der Waals surface area (Å²) in [5.74, 6) is 0. The Morgan fingerprint density at radius 3 is 2.48 bits per heavy atom. The molecule has 2 aromatic carbocycles. The van der Waals surface area contributed by atoms with E-state index in [-0.39, 0.29) is 6.04 Å². The Labute approximate surface area is 138 Å². The van der Waals surface area contributed by atoms with Gasteiger partial charge in [-0.3, -0.25) is 4.90 Å². The van der Waals surface area contributed by atoms with Gasteiger partial charge in [0.15, 0.2) is 0 Å². The second kappa shape index (κ2) is 6.83. The van der Waals surface area contributed by atoms with E-state index in [4.69, 9.17) is 0 Å². The number of sulfonamides is 1. The molecular weight excluding hydrogens is 308 g/mol. The van der Waals surface area contributed by atoms with E-state index in [1.807, 2.05) is 37.3 Å². The molecule has 2 aromatic rings. The first kappa shape index (κ1) is 16.2. The highest BCUT2D eigenvalue weighted by molar-refractivity contribution is 7.89. The van der Waals surface area contributed by atoms with Crippen LogP contribution in [0.4, 0.5) is 0 Å². The number of benzene rings is 2. The van der Waals surface area contributed by atoms with Crippen LogP contribution in [0, 0.1) is 6.92 Å². The number of hydrogen-bond acceptors (Lipinski definition) is 3. The van der Waals surface area contributed by atoms with Gasteiger partial charge in [0.25, 0.3) is 0 Å². The van der Waals surface area contributed by atoms with Crippen molar-refractivity contribution in [1.82, 2.24) is 9.62 Å². The van der Waals surface area contributed by atoms with Crippen molar-refractivity contribution in [3.63, 3.8) is 0 Å². The Morgan fingerprint density at radius 2 is 1.78 bits per heavy atom. The summed E-state index contributed by atoms with van der Waals surface area (Å²) in [6, 6.07) is 17.2. The number of rotatable bonds is 5. The molecule has 0 aromatic heterocycles. The van der Waals surface area contributed by atoms with Crippen LogP contribution >= 0.6 is 0 Å². The summed E-state index contributed by atoms with van der Waals surface area (Å²) >= 11 is 0. The maximum absolute atomic E-state index is 12.4. The molecule has 4 nitrogen and oxygen atoms in total. The summed E-state index contributed by atoms with van der Waals surface area (Å²) < 4.78 is 27.7. The predicted molar refractivity (Wildman–Crippen MR) is 91.6 cm³/mol.